The van der Waals surface area contributed by atoms with Crippen molar-refractivity contribution in [2.75, 3.05) is 12.4 Å². The highest BCUT2D eigenvalue weighted by Crippen LogP contribution is 2.29. The molecule has 0 aliphatic rings. The number of ether oxygens (including phenoxy) is 1. The Kier molecular flexibility index (Phi) is 4.19. The highest BCUT2D eigenvalue weighted by atomic mass is 79.9. The van der Waals surface area contributed by atoms with Crippen molar-refractivity contribution in [3.63, 3.8) is 0 Å². The Balaban J connectivity index is 2.35. The Morgan fingerprint density at radius 3 is 2.80 bits per heavy atom. The molecule has 104 valence electrons. The molecule has 0 spiro atoms. The maximum atomic E-state index is 13.0. The molecule has 0 fully saturated rings. The van der Waals surface area contributed by atoms with Gasteiger partial charge < -0.3 is 15.2 Å². The van der Waals surface area contributed by atoms with Gasteiger partial charge in [-0.05, 0) is 40.2 Å². The maximum absolute atomic E-state index is 13.0. The van der Waals surface area contributed by atoms with Crippen molar-refractivity contribution < 1.29 is 19.0 Å². The molecule has 7 heteroatoms. The summed E-state index contributed by atoms with van der Waals surface area (Å²) in [7, 11) is 1.54. The number of benzene rings is 1. The second-order valence-electron chi connectivity index (χ2n) is 3.83. The summed E-state index contributed by atoms with van der Waals surface area (Å²) in [5, 5.41) is 11.9. The maximum Gasteiger partial charge on any atom is 0.339 e. The topological polar surface area (TPSA) is 71.5 Å². The number of halogens is 2. The zero-order chi connectivity index (χ0) is 14.7. The van der Waals surface area contributed by atoms with Gasteiger partial charge in [0, 0.05) is 5.69 Å². The number of carboxylic acids is 1. The number of nitrogens with zero attached hydrogens (tertiary/aromatic N) is 1. The zero-order valence-electron chi connectivity index (χ0n) is 10.4. The van der Waals surface area contributed by atoms with Crippen molar-refractivity contribution in [2.24, 2.45) is 0 Å². The molecule has 1 aromatic carbocycles. The Morgan fingerprint density at radius 2 is 2.20 bits per heavy atom. The predicted molar refractivity (Wildman–Crippen MR) is 75.1 cm³/mol. The standard InChI is InChI=1S/C13H10BrFN2O3/c1-20-11-3-2-8(5-10(11)14)17-12-9(13(18)19)4-7(15)6-16-12/h2-6H,1H3,(H,16,17)(H,18,19). The largest absolute Gasteiger partial charge is 0.496 e. The van der Waals surface area contributed by atoms with E-state index in [1.807, 2.05) is 0 Å². The van der Waals surface area contributed by atoms with Crippen LogP contribution < -0.4 is 10.1 Å². The molecule has 1 aromatic heterocycles. The minimum Gasteiger partial charge on any atom is -0.496 e. The van der Waals surface area contributed by atoms with Crippen LogP contribution >= 0.6 is 15.9 Å². The molecule has 0 bridgehead atoms. The first-order chi connectivity index (χ1) is 9.51. The average molecular weight is 341 g/mol. The molecule has 2 aromatic rings. The number of nitrogens with one attached hydrogen (secondary N) is 1. The Bertz CT molecular complexity index is 664. The summed E-state index contributed by atoms with van der Waals surface area (Å²) < 4.78 is 18.8. The van der Waals surface area contributed by atoms with Crippen LogP contribution in [-0.2, 0) is 0 Å². The molecule has 0 unspecified atom stereocenters. The number of pyridine rings is 1. The van der Waals surface area contributed by atoms with Crippen LogP contribution in [0.15, 0.2) is 34.9 Å². The molecule has 5 nitrogen and oxygen atoms in total. The van der Waals surface area contributed by atoms with Crippen LogP contribution in [0.25, 0.3) is 0 Å². The van der Waals surface area contributed by atoms with Gasteiger partial charge in [-0.2, -0.15) is 0 Å². The van der Waals surface area contributed by atoms with Crippen molar-refractivity contribution in [2.45, 2.75) is 0 Å². The van der Waals surface area contributed by atoms with E-state index in [0.717, 1.165) is 12.3 Å². The number of aromatic nitrogens is 1. The van der Waals surface area contributed by atoms with Crippen molar-refractivity contribution in [1.82, 2.24) is 4.98 Å². The van der Waals surface area contributed by atoms with Gasteiger partial charge in [0.05, 0.1) is 17.8 Å². The second kappa shape index (κ2) is 5.87. The SMILES string of the molecule is COc1ccc(Nc2ncc(F)cc2C(=O)O)cc1Br. The van der Waals surface area contributed by atoms with Gasteiger partial charge in [-0.15, -0.1) is 0 Å². The number of carboxylic acid groups (broad SMARTS) is 1. The first kappa shape index (κ1) is 14.3. The first-order valence-electron chi connectivity index (χ1n) is 5.50. The van der Waals surface area contributed by atoms with Gasteiger partial charge in [-0.25, -0.2) is 14.2 Å². The lowest BCUT2D eigenvalue weighted by Crippen LogP contribution is -2.05. The molecule has 0 aliphatic heterocycles. The molecule has 0 amide bonds. The minimum atomic E-state index is -1.26. The van der Waals surface area contributed by atoms with Gasteiger partial charge in [-0.3, -0.25) is 0 Å². The van der Waals surface area contributed by atoms with E-state index in [1.165, 1.54) is 7.11 Å². The van der Waals surface area contributed by atoms with Crippen molar-refractivity contribution in [3.8, 4) is 5.75 Å². The fourth-order valence-corrected chi connectivity index (χ4v) is 2.12. The van der Waals surface area contributed by atoms with E-state index in [-0.39, 0.29) is 11.4 Å². The summed E-state index contributed by atoms with van der Waals surface area (Å²) in [6.45, 7) is 0. The quantitative estimate of drug-likeness (QED) is 0.892. The smallest absolute Gasteiger partial charge is 0.339 e. The minimum absolute atomic E-state index is 0.0657. The van der Waals surface area contributed by atoms with E-state index >= 15 is 0 Å². The lowest BCUT2D eigenvalue weighted by Gasteiger charge is -2.10. The van der Waals surface area contributed by atoms with Crippen LogP contribution in [0.1, 0.15) is 10.4 Å². The summed E-state index contributed by atoms with van der Waals surface area (Å²) in [4.78, 5) is 14.8. The first-order valence-corrected chi connectivity index (χ1v) is 6.30. The van der Waals surface area contributed by atoms with Crippen LogP contribution in [0.3, 0.4) is 0 Å². The Labute approximate surface area is 122 Å². The molecule has 0 radical (unpaired) electrons. The molecule has 1 heterocycles. The molecule has 0 aliphatic carbocycles. The number of aromatic carboxylic acids is 1. The third-order valence-corrected chi connectivity index (χ3v) is 3.12. The molecule has 0 saturated carbocycles. The molecule has 0 atom stereocenters. The number of hydrogen-bond donors (Lipinski definition) is 2. The Morgan fingerprint density at radius 1 is 1.45 bits per heavy atom. The molecule has 20 heavy (non-hydrogen) atoms. The van der Waals surface area contributed by atoms with Crippen molar-refractivity contribution in [3.05, 3.63) is 46.3 Å². The van der Waals surface area contributed by atoms with Gasteiger partial charge in [0.15, 0.2) is 0 Å². The van der Waals surface area contributed by atoms with E-state index in [0.29, 0.717) is 15.9 Å². The number of hydrogen-bond acceptors (Lipinski definition) is 4. The summed E-state index contributed by atoms with van der Waals surface area (Å²) in [5.41, 5.74) is 0.358. The highest BCUT2D eigenvalue weighted by molar-refractivity contribution is 9.10. The second-order valence-corrected chi connectivity index (χ2v) is 4.68. The molecule has 2 N–H and O–H groups in total. The van der Waals surface area contributed by atoms with Crippen LogP contribution in [0.5, 0.6) is 5.75 Å². The van der Waals surface area contributed by atoms with Crippen LogP contribution in [0, 0.1) is 5.82 Å². The van der Waals surface area contributed by atoms with E-state index in [2.05, 4.69) is 26.2 Å². The molecule has 0 saturated heterocycles. The highest BCUT2D eigenvalue weighted by Gasteiger charge is 2.13. The van der Waals surface area contributed by atoms with E-state index in [9.17, 15) is 9.18 Å². The lowest BCUT2D eigenvalue weighted by molar-refractivity contribution is 0.0697. The van der Waals surface area contributed by atoms with Crippen molar-refractivity contribution >= 4 is 33.4 Å². The van der Waals surface area contributed by atoms with Gasteiger partial charge in [0.1, 0.15) is 22.9 Å². The molecular formula is C13H10BrFN2O3. The predicted octanol–water partition coefficient (Wildman–Crippen LogP) is 3.43. The van der Waals surface area contributed by atoms with E-state index in [4.69, 9.17) is 9.84 Å². The van der Waals surface area contributed by atoms with E-state index < -0.39 is 11.8 Å². The Hall–Kier alpha value is -2.15. The number of carbonyl (C=O) groups is 1. The fourth-order valence-electron chi connectivity index (χ4n) is 1.58. The lowest BCUT2D eigenvalue weighted by atomic mass is 10.2. The summed E-state index contributed by atoms with van der Waals surface area (Å²) in [5.74, 6) is -1.26. The summed E-state index contributed by atoms with van der Waals surface area (Å²) >= 11 is 3.32. The molecular weight excluding hydrogens is 331 g/mol. The normalized spacial score (nSPS) is 10.2. The van der Waals surface area contributed by atoms with Gasteiger partial charge >= 0.3 is 5.97 Å². The van der Waals surface area contributed by atoms with Gasteiger partial charge in [0.2, 0.25) is 0 Å². The fraction of sp³-hybridized carbons (Fsp3) is 0.0769. The van der Waals surface area contributed by atoms with Crippen LogP contribution in [-0.4, -0.2) is 23.2 Å². The van der Waals surface area contributed by atoms with Crippen LogP contribution in [0.4, 0.5) is 15.9 Å². The average Bonchev–Trinajstić information content (AvgIpc) is 2.41. The summed E-state index contributed by atoms with van der Waals surface area (Å²) in [6, 6.07) is 6.02. The number of anilines is 2. The van der Waals surface area contributed by atoms with Gasteiger partial charge in [0.25, 0.3) is 0 Å². The van der Waals surface area contributed by atoms with Gasteiger partial charge in [-0.1, -0.05) is 0 Å². The number of methoxy groups -OCH3 is 1. The van der Waals surface area contributed by atoms with Crippen LogP contribution in [0.2, 0.25) is 0 Å². The van der Waals surface area contributed by atoms with Crippen molar-refractivity contribution in [1.29, 1.82) is 0 Å². The molecule has 2 rings (SSSR count). The third kappa shape index (κ3) is 3.05. The monoisotopic (exact) mass is 340 g/mol. The summed E-state index contributed by atoms with van der Waals surface area (Å²) in [6.07, 6.45) is 0.952. The third-order valence-electron chi connectivity index (χ3n) is 2.50. The van der Waals surface area contributed by atoms with E-state index in [1.54, 1.807) is 18.2 Å². The number of rotatable bonds is 4. The zero-order valence-corrected chi connectivity index (χ0v) is 11.9.